The van der Waals surface area contributed by atoms with Gasteiger partial charge in [0, 0.05) is 13.5 Å². The molecule has 2 N–H and O–H groups in total. The van der Waals surface area contributed by atoms with E-state index in [0.717, 1.165) is 18.8 Å². The molecule has 0 aromatic carbocycles. The molecular formula is C14H25N3O3. The molecule has 0 aliphatic heterocycles. The highest BCUT2D eigenvalue weighted by molar-refractivity contribution is 4.83. The van der Waals surface area contributed by atoms with Crippen LogP contribution in [0.4, 0.5) is 0 Å². The van der Waals surface area contributed by atoms with Crippen LogP contribution in [0.1, 0.15) is 44.3 Å². The fourth-order valence-corrected chi connectivity index (χ4v) is 2.60. The number of rotatable bonds is 7. The molecule has 1 heterocycles. The van der Waals surface area contributed by atoms with Crippen molar-refractivity contribution in [1.29, 1.82) is 0 Å². The van der Waals surface area contributed by atoms with Gasteiger partial charge >= 0.3 is 0 Å². The van der Waals surface area contributed by atoms with E-state index in [1.54, 1.807) is 6.92 Å². The number of aliphatic hydroxyl groups excluding tert-OH is 1. The molecule has 0 spiro atoms. The molecule has 0 saturated heterocycles. The van der Waals surface area contributed by atoms with Gasteiger partial charge in [-0.1, -0.05) is 24.9 Å². The average molecular weight is 283 g/mol. The predicted molar refractivity (Wildman–Crippen MR) is 74.1 cm³/mol. The molecule has 1 aliphatic carbocycles. The number of aromatic nitrogens is 2. The molecule has 1 aromatic rings. The van der Waals surface area contributed by atoms with Crippen molar-refractivity contribution >= 4 is 0 Å². The topological polar surface area (TPSA) is 80.4 Å². The fourth-order valence-electron chi connectivity index (χ4n) is 2.60. The van der Waals surface area contributed by atoms with Crippen LogP contribution in [0.2, 0.25) is 0 Å². The van der Waals surface area contributed by atoms with Crippen molar-refractivity contribution < 1.29 is 14.4 Å². The summed E-state index contributed by atoms with van der Waals surface area (Å²) >= 11 is 0. The molecule has 0 amide bonds. The van der Waals surface area contributed by atoms with Crippen molar-refractivity contribution in [3.63, 3.8) is 0 Å². The van der Waals surface area contributed by atoms with Gasteiger partial charge in [-0.05, 0) is 18.8 Å². The molecular weight excluding hydrogens is 258 g/mol. The molecule has 0 radical (unpaired) electrons. The molecule has 6 nitrogen and oxygen atoms in total. The highest BCUT2D eigenvalue weighted by atomic mass is 16.5. The van der Waals surface area contributed by atoms with Crippen LogP contribution in [0, 0.1) is 12.8 Å². The first-order chi connectivity index (χ1) is 9.63. The summed E-state index contributed by atoms with van der Waals surface area (Å²) in [5, 5.41) is 16.8. The fraction of sp³-hybridized carbons (Fsp3) is 0.857. The zero-order valence-corrected chi connectivity index (χ0v) is 12.3. The van der Waals surface area contributed by atoms with Crippen molar-refractivity contribution in [3.8, 4) is 0 Å². The lowest BCUT2D eigenvalue weighted by atomic mass is 9.89. The van der Waals surface area contributed by atoms with Crippen LogP contribution in [0.5, 0.6) is 0 Å². The van der Waals surface area contributed by atoms with Gasteiger partial charge in [-0.25, -0.2) is 0 Å². The van der Waals surface area contributed by atoms with Gasteiger partial charge in [0.25, 0.3) is 0 Å². The third kappa shape index (κ3) is 5.19. The van der Waals surface area contributed by atoms with E-state index in [0.29, 0.717) is 37.5 Å². The molecule has 20 heavy (non-hydrogen) atoms. The van der Waals surface area contributed by atoms with E-state index in [9.17, 15) is 5.11 Å². The number of hydrogen-bond donors (Lipinski definition) is 2. The summed E-state index contributed by atoms with van der Waals surface area (Å²) in [6.07, 6.45) is 4.58. The Morgan fingerprint density at radius 3 is 3.05 bits per heavy atom. The summed E-state index contributed by atoms with van der Waals surface area (Å²) in [5.41, 5.74) is 0. The zero-order valence-electron chi connectivity index (χ0n) is 12.3. The van der Waals surface area contributed by atoms with Crippen LogP contribution in [0.25, 0.3) is 0 Å². The number of ether oxygens (including phenoxy) is 1. The van der Waals surface area contributed by atoms with Crippen molar-refractivity contribution in [2.24, 2.45) is 5.92 Å². The number of aryl methyl sites for hydroxylation is 1. The molecule has 114 valence electrons. The summed E-state index contributed by atoms with van der Waals surface area (Å²) in [6, 6.07) is 0. The lowest BCUT2D eigenvalue weighted by molar-refractivity contribution is -0.0307. The maximum absolute atomic E-state index is 9.88. The quantitative estimate of drug-likeness (QED) is 0.788. The Hall–Kier alpha value is -0.980. The molecule has 6 heteroatoms. The van der Waals surface area contributed by atoms with Gasteiger partial charge in [0.15, 0.2) is 5.82 Å². The third-order valence-electron chi connectivity index (χ3n) is 3.65. The van der Waals surface area contributed by atoms with Gasteiger partial charge in [-0.2, -0.15) is 4.98 Å². The number of aliphatic hydroxyl groups is 1. The lowest BCUT2D eigenvalue weighted by Crippen LogP contribution is -2.33. The summed E-state index contributed by atoms with van der Waals surface area (Å²) in [7, 11) is 0. The lowest BCUT2D eigenvalue weighted by Gasteiger charge is -2.27. The molecule has 1 saturated carbocycles. The Morgan fingerprint density at radius 1 is 1.50 bits per heavy atom. The van der Waals surface area contributed by atoms with E-state index < -0.39 is 6.10 Å². The van der Waals surface area contributed by atoms with Gasteiger partial charge in [0.2, 0.25) is 5.89 Å². The van der Waals surface area contributed by atoms with Crippen LogP contribution in [0.3, 0.4) is 0 Å². The van der Waals surface area contributed by atoms with E-state index in [2.05, 4.69) is 22.4 Å². The minimum Gasteiger partial charge on any atom is -0.389 e. The van der Waals surface area contributed by atoms with Gasteiger partial charge in [0.1, 0.15) is 0 Å². The number of nitrogens with zero attached hydrogens (tertiary/aromatic N) is 2. The second-order valence-electron chi connectivity index (χ2n) is 5.74. The summed E-state index contributed by atoms with van der Waals surface area (Å²) in [5.74, 6) is 1.90. The second kappa shape index (κ2) is 7.71. The van der Waals surface area contributed by atoms with Gasteiger partial charge in [0.05, 0.1) is 25.4 Å². The van der Waals surface area contributed by atoms with Crippen LogP contribution in [-0.2, 0) is 11.3 Å². The predicted octanol–water partition coefficient (Wildman–Crippen LogP) is 1.42. The number of nitrogens with one attached hydrogen (secondary N) is 1. The third-order valence-corrected chi connectivity index (χ3v) is 3.65. The first-order valence-corrected chi connectivity index (χ1v) is 7.43. The van der Waals surface area contributed by atoms with Crippen LogP contribution >= 0.6 is 0 Å². The zero-order chi connectivity index (χ0) is 14.4. The maximum atomic E-state index is 9.88. The molecule has 1 aliphatic rings. The number of hydrogen-bond acceptors (Lipinski definition) is 6. The van der Waals surface area contributed by atoms with Gasteiger partial charge in [-0.3, -0.25) is 0 Å². The van der Waals surface area contributed by atoms with Crippen molar-refractivity contribution in [2.45, 2.75) is 58.3 Å². The molecule has 1 fully saturated rings. The first kappa shape index (κ1) is 15.4. The summed E-state index contributed by atoms with van der Waals surface area (Å²) < 4.78 is 10.7. The van der Waals surface area contributed by atoms with Crippen LogP contribution in [0.15, 0.2) is 4.52 Å². The Balaban J connectivity index is 1.57. The van der Waals surface area contributed by atoms with E-state index in [-0.39, 0.29) is 0 Å². The van der Waals surface area contributed by atoms with Crippen molar-refractivity contribution in [1.82, 2.24) is 15.5 Å². The normalized spacial score (nSPS) is 24.8. The van der Waals surface area contributed by atoms with Crippen LogP contribution in [-0.4, -0.2) is 40.6 Å². The summed E-state index contributed by atoms with van der Waals surface area (Å²) in [6.45, 7) is 5.37. The van der Waals surface area contributed by atoms with Crippen LogP contribution < -0.4 is 5.32 Å². The van der Waals surface area contributed by atoms with Crippen molar-refractivity contribution in [2.75, 3.05) is 13.2 Å². The minimum absolute atomic E-state index is 0.313. The average Bonchev–Trinajstić information content (AvgIpc) is 2.82. The van der Waals surface area contributed by atoms with Gasteiger partial charge in [-0.15, -0.1) is 0 Å². The van der Waals surface area contributed by atoms with Crippen molar-refractivity contribution in [3.05, 3.63) is 11.7 Å². The Bertz CT molecular complexity index is 397. The Labute approximate surface area is 119 Å². The molecule has 3 atom stereocenters. The minimum atomic E-state index is -0.500. The second-order valence-corrected chi connectivity index (χ2v) is 5.74. The smallest absolute Gasteiger partial charge is 0.223 e. The molecule has 1 aromatic heterocycles. The largest absolute Gasteiger partial charge is 0.389 e. The molecule has 2 rings (SSSR count). The van der Waals surface area contributed by atoms with E-state index in [1.807, 2.05) is 0 Å². The van der Waals surface area contributed by atoms with E-state index >= 15 is 0 Å². The van der Waals surface area contributed by atoms with E-state index in [1.165, 1.54) is 12.8 Å². The first-order valence-electron chi connectivity index (χ1n) is 7.43. The highest BCUT2D eigenvalue weighted by Gasteiger charge is 2.20. The Morgan fingerprint density at radius 2 is 2.35 bits per heavy atom. The highest BCUT2D eigenvalue weighted by Crippen LogP contribution is 2.25. The standard InChI is InChI=1S/C14H25N3O3/c1-10-4-3-5-13(6-10)19-9-12(18)7-15-8-14-16-11(2)20-17-14/h10,12-13,15,18H,3-9H2,1-2H3. The maximum Gasteiger partial charge on any atom is 0.223 e. The monoisotopic (exact) mass is 283 g/mol. The molecule has 3 unspecified atom stereocenters. The SMILES string of the molecule is Cc1nc(CNCC(O)COC2CCCC(C)C2)no1. The summed E-state index contributed by atoms with van der Waals surface area (Å²) in [4.78, 5) is 4.08. The van der Waals surface area contributed by atoms with Gasteiger partial charge < -0.3 is 19.7 Å². The molecule has 0 bridgehead atoms. The Kier molecular flexibility index (Phi) is 5.94. The van der Waals surface area contributed by atoms with E-state index in [4.69, 9.17) is 9.26 Å².